The number of nitrogens with zero attached hydrogens (tertiary/aromatic N) is 2. The molecular weight excluding hydrogens is 536 g/mol. The molecule has 3 heterocycles. The molecule has 1 N–H and O–H groups in total. The predicted molar refractivity (Wildman–Crippen MR) is 166 cm³/mol. The summed E-state index contributed by atoms with van der Waals surface area (Å²) in [7, 11) is 0. The standard InChI is InChI=1S/C33H54N2O5S/c1-10-13-14-15-19-40-30(39)25-24-16-17-33(41-24)26(25)28(37)35(23(20-36)22(4)12-3)27(33)29(38)34(18-11-2)32(8,9)21-31(5,6)7/h10-11,22-27,36H,1-2,12-21H2,3-9H3/t22-,23-,24+,25-,26-,27?,33?/m0/s1. The maximum absolute atomic E-state index is 14.9. The number of hydrogen-bond donors (Lipinski definition) is 1. The summed E-state index contributed by atoms with van der Waals surface area (Å²) in [5.74, 6) is -1.83. The number of carbonyl (C=O) groups excluding carboxylic acids is 3. The lowest BCUT2D eigenvalue weighted by atomic mass is 9.71. The lowest BCUT2D eigenvalue weighted by Gasteiger charge is -2.47. The van der Waals surface area contributed by atoms with Crippen molar-refractivity contribution in [1.82, 2.24) is 9.80 Å². The van der Waals surface area contributed by atoms with Crippen LogP contribution in [-0.2, 0) is 19.1 Å². The van der Waals surface area contributed by atoms with E-state index in [1.807, 2.05) is 24.8 Å². The van der Waals surface area contributed by atoms with Gasteiger partial charge in [0.2, 0.25) is 11.8 Å². The van der Waals surface area contributed by atoms with Crippen molar-refractivity contribution in [1.29, 1.82) is 0 Å². The highest BCUT2D eigenvalue weighted by molar-refractivity contribution is 8.02. The van der Waals surface area contributed by atoms with Gasteiger partial charge in [-0.25, -0.2) is 0 Å². The van der Waals surface area contributed by atoms with Gasteiger partial charge < -0.3 is 19.6 Å². The monoisotopic (exact) mass is 590 g/mol. The number of ether oxygens (including phenoxy) is 1. The predicted octanol–water partition coefficient (Wildman–Crippen LogP) is 5.61. The van der Waals surface area contributed by atoms with E-state index in [1.54, 1.807) is 22.7 Å². The fourth-order valence-electron chi connectivity index (χ4n) is 7.77. The zero-order valence-corrected chi connectivity index (χ0v) is 27.3. The van der Waals surface area contributed by atoms with Crippen molar-refractivity contribution in [2.45, 2.75) is 121 Å². The van der Waals surface area contributed by atoms with Gasteiger partial charge in [0.1, 0.15) is 6.04 Å². The number of aliphatic hydroxyl groups excluding tert-OH is 1. The molecule has 7 atom stereocenters. The topological polar surface area (TPSA) is 87.1 Å². The summed E-state index contributed by atoms with van der Waals surface area (Å²) in [6.07, 6.45) is 9.10. The zero-order chi connectivity index (χ0) is 30.8. The molecule has 8 heteroatoms. The summed E-state index contributed by atoms with van der Waals surface area (Å²) in [6, 6.07) is -1.27. The van der Waals surface area contributed by atoms with E-state index in [2.05, 4.69) is 47.8 Å². The van der Waals surface area contributed by atoms with Crippen molar-refractivity contribution in [3.8, 4) is 0 Å². The molecule has 0 aromatic heterocycles. The summed E-state index contributed by atoms with van der Waals surface area (Å²) >= 11 is 1.65. The molecule has 41 heavy (non-hydrogen) atoms. The Kier molecular flexibility index (Phi) is 10.9. The fourth-order valence-corrected chi connectivity index (χ4v) is 9.96. The first-order valence-electron chi connectivity index (χ1n) is 15.5. The van der Waals surface area contributed by atoms with Crippen LogP contribution in [0.4, 0.5) is 0 Å². The van der Waals surface area contributed by atoms with Gasteiger partial charge in [0.25, 0.3) is 0 Å². The number of thioether (sulfide) groups is 1. The van der Waals surface area contributed by atoms with Gasteiger partial charge >= 0.3 is 5.97 Å². The van der Waals surface area contributed by atoms with Gasteiger partial charge in [-0.1, -0.05) is 53.2 Å². The van der Waals surface area contributed by atoms with E-state index in [1.165, 1.54) is 0 Å². The van der Waals surface area contributed by atoms with Gasteiger partial charge in [-0.3, -0.25) is 14.4 Å². The molecule has 7 nitrogen and oxygen atoms in total. The van der Waals surface area contributed by atoms with E-state index < -0.39 is 34.2 Å². The van der Waals surface area contributed by atoms with Gasteiger partial charge in [0.05, 0.1) is 35.8 Å². The Morgan fingerprint density at radius 2 is 1.90 bits per heavy atom. The Morgan fingerprint density at radius 1 is 1.22 bits per heavy atom. The Labute approximate surface area is 252 Å². The van der Waals surface area contributed by atoms with Crippen LogP contribution in [0.1, 0.15) is 93.4 Å². The highest BCUT2D eigenvalue weighted by Crippen LogP contribution is 2.67. The van der Waals surface area contributed by atoms with Crippen LogP contribution in [0.25, 0.3) is 0 Å². The number of amides is 2. The average Bonchev–Trinajstić information content (AvgIpc) is 3.53. The van der Waals surface area contributed by atoms with Crippen molar-refractivity contribution >= 4 is 29.5 Å². The van der Waals surface area contributed by atoms with Crippen molar-refractivity contribution in [2.75, 3.05) is 19.8 Å². The number of unbranched alkanes of at least 4 members (excludes halogenated alkanes) is 2. The average molecular weight is 591 g/mol. The second kappa shape index (κ2) is 13.2. The highest BCUT2D eigenvalue weighted by atomic mass is 32.2. The van der Waals surface area contributed by atoms with Crippen LogP contribution < -0.4 is 0 Å². The zero-order valence-electron chi connectivity index (χ0n) is 26.5. The van der Waals surface area contributed by atoms with Gasteiger partial charge in [-0.15, -0.1) is 24.9 Å². The van der Waals surface area contributed by atoms with Crippen LogP contribution in [0.2, 0.25) is 0 Å². The molecule has 3 saturated heterocycles. The van der Waals surface area contributed by atoms with E-state index in [0.717, 1.165) is 38.5 Å². The number of allylic oxidation sites excluding steroid dienone is 1. The molecule has 2 bridgehead atoms. The summed E-state index contributed by atoms with van der Waals surface area (Å²) in [5.41, 5.74) is -0.524. The van der Waals surface area contributed by atoms with E-state index in [-0.39, 0.29) is 41.0 Å². The normalized spacial score (nSPS) is 28.8. The maximum Gasteiger partial charge on any atom is 0.310 e. The molecule has 0 radical (unpaired) electrons. The molecule has 0 aliphatic carbocycles. The van der Waals surface area contributed by atoms with Crippen LogP contribution in [0, 0.1) is 23.2 Å². The fraction of sp³-hybridized carbons (Fsp3) is 0.788. The number of fused-ring (bicyclic) bond motifs is 1. The minimum Gasteiger partial charge on any atom is -0.465 e. The van der Waals surface area contributed by atoms with E-state index in [0.29, 0.717) is 19.6 Å². The third kappa shape index (κ3) is 6.58. The van der Waals surface area contributed by atoms with E-state index in [4.69, 9.17) is 4.74 Å². The summed E-state index contributed by atoms with van der Waals surface area (Å²) < 4.78 is 5.03. The Hall–Kier alpha value is -1.80. The second-order valence-electron chi connectivity index (χ2n) is 14.2. The second-order valence-corrected chi connectivity index (χ2v) is 15.8. The third-order valence-corrected chi connectivity index (χ3v) is 11.4. The molecule has 3 aliphatic rings. The van der Waals surface area contributed by atoms with Crippen LogP contribution in [0.3, 0.4) is 0 Å². The Balaban J connectivity index is 2.05. The first kappa shape index (κ1) is 33.7. The van der Waals surface area contributed by atoms with Gasteiger partial charge in [-0.2, -0.15) is 0 Å². The Bertz CT molecular complexity index is 991. The molecule has 3 aliphatic heterocycles. The minimum atomic E-state index is -0.759. The van der Waals surface area contributed by atoms with Crippen LogP contribution in [0.5, 0.6) is 0 Å². The first-order chi connectivity index (χ1) is 19.2. The maximum atomic E-state index is 14.9. The van der Waals surface area contributed by atoms with Gasteiger partial charge in [0.15, 0.2) is 0 Å². The number of hydrogen-bond acceptors (Lipinski definition) is 6. The van der Waals surface area contributed by atoms with Crippen molar-refractivity contribution < 1.29 is 24.2 Å². The number of likely N-dealkylation sites (tertiary alicyclic amines) is 1. The SMILES string of the molecule is C=CCCCCOC(=O)[C@@H]1[C@H]2C(=O)N([C@@H](CO)[C@@H](C)CC)C(C(=O)N(CC=C)C(C)(C)CC(C)(C)C)C23CC[C@H]1S3. The molecule has 0 aromatic rings. The molecule has 0 saturated carbocycles. The number of carbonyl (C=O) groups is 3. The first-order valence-corrected chi connectivity index (χ1v) is 16.4. The summed E-state index contributed by atoms with van der Waals surface area (Å²) in [4.78, 5) is 46.5. The number of esters is 1. The number of rotatable bonds is 15. The largest absolute Gasteiger partial charge is 0.465 e. The van der Waals surface area contributed by atoms with Crippen LogP contribution >= 0.6 is 11.8 Å². The molecule has 1 spiro atoms. The Morgan fingerprint density at radius 3 is 2.46 bits per heavy atom. The number of aliphatic hydroxyl groups is 1. The van der Waals surface area contributed by atoms with E-state index in [9.17, 15) is 19.5 Å². The molecule has 232 valence electrons. The molecule has 0 aromatic carbocycles. The van der Waals surface area contributed by atoms with Crippen molar-refractivity contribution in [2.24, 2.45) is 23.2 Å². The van der Waals surface area contributed by atoms with Crippen LogP contribution in [0.15, 0.2) is 25.3 Å². The smallest absolute Gasteiger partial charge is 0.310 e. The summed E-state index contributed by atoms with van der Waals surface area (Å²) in [6.45, 7) is 22.9. The quantitative estimate of drug-likeness (QED) is 0.152. The molecule has 3 fully saturated rings. The lowest BCUT2D eigenvalue weighted by molar-refractivity contribution is -0.155. The summed E-state index contributed by atoms with van der Waals surface area (Å²) in [5, 5.41) is 10.6. The van der Waals surface area contributed by atoms with Gasteiger partial charge in [0, 0.05) is 17.3 Å². The highest BCUT2D eigenvalue weighted by Gasteiger charge is 2.75. The lowest BCUT2D eigenvalue weighted by Crippen LogP contribution is -2.62. The molecular formula is C33H54N2O5S. The minimum absolute atomic E-state index is 0.0117. The van der Waals surface area contributed by atoms with E-state index >= 15 is 0 Å². The molecule has 2 amide bonds. The van der Waals surface area contributed by atoms with Crippen LogP contribution in [-0.4, -0.2) is 80.1 Å². The van der Waals surface area contributed by atoms with Crippen molar-refractivity contribution in [3.05, 3.63) is 25.3 Å². The van der Waals surface area contributed by atoms with Crippen molar-refractivity contribution in [3.63, 3.8) is 0 Å². The molecule has 2 unspecified atom stereocenters. The molecule has 3 rings (SSSR count). The van der Waals surface area contributed by atoms with Gasteiger partial charge in [-0.05, 0) is 63.7 Å². The third-order valence-electron chi connectivity index (χ3n) is 9.41.